The van der Waals surface area contributed by atoms with Crippen molar-refractivity contribution in [2.75, 3.05) is 5.32 Å². The molecule has 0 heterocycles. The van der Waals surface area contributed by atoms with Gasteiger partial charge in [0.2, 0.25) is 0 Å². The van der Waals surface area contributed by atoms with Gasteiger partial charge < -0.3 is 10.4 Å². The van der Waals surface area contributed by atoms with Gasteiger partial charge in [0.05, 0.1) is 0 Å². The molecule has 3 heteroatoms. The van der Waals surface area contributed by atoms with Crippen LogP contribution in [-0.2, 0) is 4.79 Å². The van der Waals surface area contributed by atoms with Crippen molar-refractivity contribution in [3.63, 3.8) is 0 Å². The number of carboxylic acid groups (broad SMARTS) is 1. The summed E-state index contributed by atoms with van der Waals surface area (Å²) in [5.74, 6) is -0.936. The molecule has 0 aliphatic rings. The number of carboxylic acids is 1. The molecule has 3 nitrogen and oxygen atoms in total. The molecular formula is C12H15NO2. The Bertz CT molecular complexity index is 370. The fourth-order valence-electron chi connectivity index (χ4n) is 1.25. The highest BCUT2D eigenvalue weighted by molar-refractivity contribution is 5.86. The third kappa shape index (κ3) is 3.85. The second-order valence-corrected chi connectivity index (χ2v) is 3.56. The van der Waals surface area contributed by atoms with E-state index >= 15 is 0 Å². The van der Waals surface area contributed by atoms with E-state index in [-0.39, 0.29) is 0 Å². The molecule has 0 aliphatic carbocycles. The molecule has 0 bridgehead atoms. The van der Waals surface area contributed by atoms with Gasteiger partial charge in [0.1, 0.15) is 0 Å². The zero-order valence-electron chi connectivity index (χ0n) is 8.90. The van der Waals surface area contributed by atoms with Crippen LogP contribution in [0.25, 0.3) is 6.08 Å². The van der Waals surface area contributed by atoms with Crippen LogP contribution in [-0.4, -0.2) is 17.1 Å². The first-order valence-corrected chi connectivity index (χ1v) is 4.86. The van der Waals surface area contributed by atoms with Crippen molar-refractivity contribution in [1.29, 1.82) is 0 Å². The lowest BCUT2D eigenvalue weighted by Crippen LogP contribution is -2.10. The molecule has 0 saturated heterocycles. The van der Waals surface area contributed by atoms with Gasteiger partial charge >= 0.3 is 5.97 Å². The van der Waals surface area contributed by atoms with Crippen molar-refractivity contribution in [1.82, 2.24) is 0 Å². The monoisotopic (exact) mass is 205 g/mol. The van der Waals surface area contributed by atoms with E-state index in [0.29, 0.717) is 6.04 Å². The molecular weight excluding hydrogens is 190 g/mol. The lowest BCUT2D eigenvalue weighted by atomic mass is 10.1. The molecule has 0 amide bonds. The molecule has 0 fully saturated rings. The van der Waals surface area contributed by atoms with Gasteiger partial charge in [-0.2, -0.15) is 0 Å². The zero-order valence-corrected chi connectivity index (χ0v) is 8.90. The van der Waals surface area contributed by atoms with Crippen LogP contribution in [0.1, 0.15) is 19.4 Å². The summed E-state index contributed by atoms with van der Waals surface area (Å²) in [5.41, 5.74) is 1.83. The third-order valence-electron chi connectivity index (χ3n) is 1.81. The molecule has 2 N–H and O–H groups in total. The number of aliphatic carboxylic acids is 1. The number of benzene rings is 1. The van der Waals surface area contributed by atoms with E-state index < -0.39 is 5.97 Å². The minimum Gasteiger partial charge on any atom is -0.478 e. The van der Waals surface area contributed by atoms with E-state index in [1.54, 1.807) is 6.08 Å². The normalized spacial score (nSPS) is 10.9. The highest BCUT2D eigenvalue weighted by atomic mass is 16.4. The molecule has 0 aliphatic heterocycles. The lowest BCUT2D eigenvalue weighted by molar-refractivity contribution is -0.131. The zero-order chi connectivity index (χ0) is 11.3. The Morgan fingerprint density at radius 3 is 2.67 bits per heavy atom. The first-order valence-electron chi connectivity index (χ1n) is 4.86. The molecule has 15 heavy (non-hydrogen) atoms. The van der Waals surface area contributed by atoms with Crippen LogP contribution >= 0.6 is 0 Å². The summed E-state index contributed by atoms with van der Waals surface area (Å²) in [5, 5.41) is 11.8. The van der Waals surface area contributed by atoms with Crippen LogP contribution in [0, 0.1) is 0 Å². The Hall–Kier alpha value is -1.77. The maximum atomic E-state index is 10.4. The minimum atomic E-state index is -0.936. The van der Waals surface area contributed by atoms with E-state index in [2.05, 4.69) is 5.32 Å². The Balaban J connectivity index is 2.91. The van der Waals surface area contributed by atoms with Crippen LogP contribution in [0.2, 0.25) is 0 Å². The van der Waals surface area contributed by atoms with Crippen LogP contribution < -0.4 is 5.32 Å². The predicted molar refractivity (Wildman–Crippen MR) is 61.9 cm³/mol. The number of rotatable bonds is 4. The quantitative estimate of drug-likeness (QED) is 0.743. The molecule has 0 radical (unpaired) electrons. The number of nitrogens with one attached hydrogen (secondary N) is 1. The summed E-state index contributed by atoms with van der Waals surface area (Å²) in [4.78, 5) is 10.4. The standard InChI is InChI=1S/C12H15NO2/c1-9(2)13-11-6-4-3-5-10(11)7-8-12(14)15/h3-9,13H,1-2H3,(H,14,15)/b8-7+. The topological polar surface area (TPSA) is 49.3 Å². The SMILES string of the molecule is CC(C)Nc1ccccc1/C=C/C(=O)O. The molecule has 0 unspecified atom stereocenters. The maximum Gasteiger partial charge on any atom is 0.328 e. The number of hydrogen-bond acceptors (Lipinski definition) is 2. The van der Waals surface area contributed by atoms with Crippen molar-refractivity contribution in [2.24, 2.45) is 0 Å². The summed E-state index contributed by atoms with van der Waals surface area (Å²) in [6.07, 6.45) is 2.73. The molecule has 80 valence electrons. The summed E-state index contributed by atoms with van der Waals surface area (Å²) in [6.45, 7) is 4.08. The van der Waals surface area contributed by atoms with Crippen molar-refractivity contribution in [3.8, 4) is 0 Å². The van der Waals surface area contributed by atoms with Gasteiger partial charge in [-0.1, -0.05) is 18.2 Å². The van der Waals surface area contributed by atoms with E-state index in [9.17, 15) is 4.79 Å². The molecule has 0 atom stereocenters. The summed E-state index contributed by atoms with van der Waals surface area (Å²) >= 11 is 0. The number of para-hydroxylation sites is 1. The average Bonchev–Trinajstić information content (AvgIpc) is 2.15. The van der Waals surface area contributed by atoms with Crippen molar-refractivity contribution < 1.29 is 9.90 Å². The van der Waals surface area contributed by atoms with E-state index in [0.717, 1.165) is 17.3 Å². The van der Waals surface area contributed by atoms with Crippen LogP contribution in [0.3, 0.4) is 0 Å². The van der Waals surface area contributed by atoms with Gasteiger partial charge in [0, 0.05) is 17.8 Å². The third-order valence-corrected chi connectivity index (χ3v) is 1.81. The molecule has 0 spiro atoms. The Kier molecular flexibility index (Phi) is 3.92. The Morgan fingerprint density at radius 1 is 1.40 bits per heavy atom. The average molecular weight is 205 g/mol. The van der Waals surface area contributed by atoms with E-state index in [4.69, 9.17) is 5.11 Å². The molecule has 1 aromatic rings. The number of hydrogen-bond donors (Lipinski definition) is 2. The van der Waals surface area contributed by atoms with Crippen LogP contribution in [0.15, 0.2) is 30.3 Å². The lowest BCUT2D eigenvalue weighted by Gasteiger charge is -2.12. The van der Waals surface area contributed by atoms with Crippen molar-refractivity contribution in [3.05, 3.63) is 35.9 Å². The summed E-state index contributed by atoms with van der Waals surface area (Å²) in [7, 11) is 0. The van der Waals surface area contributed by atoms with Gasteiger partial charge in [-0.3, -0.25) is 0 Å². The Labute approximate surface area is 89.4 Å². The van der Waals surface area contributed by atoms with Crippen molar-refractivity contribution in [2.45, 2.75) is 19.9 Å². The second kappa shape index (κ2) is 5.20. The highest BCUT2D eigenvalue weighted by Crippen LogP contribution is 2.17. The first kappa shape index (κ1) is 11.3. The maximum absolute atomic E-state index is 10.4. The second-order valence-electron chi connectivity index (χ2n) is 3.56. The van der Waals surface area contributed by atoms with Gasteiger partial charge in [-0.15, -0.1) is 0 Å². The molecule has 0 aromatic heterocycles. The highest BCUT2D eigenvalue weighted by Gasteiger charge is 1.99. The number of carbonyl (C=O) groups is 1. The summed E-state index contributed by atoms with van der Waals surface area (Å²) < 4.78 is 0. The molecule has 1 aromatic carbocycles. The van der Waals surface area contributed by atoms with Gasteiger partial charge in [-0.25, -0.2) is 4.79 Å². The molecule has 0 saturated carbocycles. The van der Waals surface area contributed by atoms with Crippen molar-refractivity contribution >= 4 is 17.7 Å². The van der Waals surface area contributed by atoms with Gasteiger partial charge in [-0.05, 0) is 31.6 Å². The van der Waals surface area contributed by atoms with E-state index in [1.807, 2.05) is 38.1 Å². The summed E-state index contributed by atoms with van der Waals surface area (Å²) in [6, 6.07) is 7.94. The predicted octanol–water partition coefficient (Wildman–Crippen LogP) is 2.60. The fourth-order valence-corrected chi connectivity index (χ4v) is 1.25. The largest absolute Gasteiger partial charge is 0.478 e. The number of anilines is 1. The van der Waals surface area contributed by atoms with Gasteiger partial charge in [0.25, 0.3) is 0 Å². The fraction of sp³-hybridized carbons (Fsp3) is 0.250. The Morgan fingerprint density at radius 2 is 2.07 bits per heavy atom. The van der Waals surface area contributed by atoms with Gasteiger partial charge in [0.15, 0.2) is 0 Å². The van der Waals surface area contributed by atoms with Crippen LogP contribution in [0.5, 0.6) is 0 Å². The van der Waals surface area contributed by atoms with E-state index in [1.165, 1.54) is 0 Å². The minimum absolute atomic E-state index is 0.323. The first-order chi connectivity index (χ1) is 7.09. The van der Waals surface area contributed by atoms with Crippen LogP contribution in [0.4, 0.5) is 5.69 Å². The smallest absolute Gasteiger partial charge is 0.328 e. The molecule has 1 rings (SSSR count).